The van der Waals surface area contributed by atoms with Gasteiger partial charge < -0.3 is 4.74 Å². The molecule has 1 aromatic carbocycles. The molecule has 0 bridgehead atoms. The van der Waals surface area contributed by atoms with Gasteiger partial charge in [-0.1, -0.05) is 24.3 Å². The van der Waals surface area contributed by atoms with Crippen molar-refractivity contribution in [2.45, 2.75) is 13.5 Å². The molecular formula is C11H9NO. The molecule has 2 nitrogen and oxygen atoms in total. The van der Waals surface area contributed by atoms with E-state index in [9.17, 15) is 0 Å². The number of rotatable bonds is 0. The van der Waals surface area contributed by atoms with Crippen molar-refractivity contribution in [1.82, 2.24) is 0 Å². The molecule has 0 saturated heterocycles. The summed E-state index contributed by atoms with van der Waals surface area (Å²) in [5.74, 6) is 0.734. The van der Waals surface area contributed by atoms with Crippen LogP contribution in [0.2, 0.25) is 0 Å². The molecule has 0 atom stereocenters. The van der Waals surface area contributed by atoms with Crippen molar-refractivity contribution in [3.63, 3.8) is 0 Å². The van der Waals surface area contributed by atoms with Gasteiger partial charge in [-0.3, -0.25) is 0 Å². The van der Waals surface area contributed by atoms with Gasteiger partial charge in [0.25, 0.3) is 0 Å². The molecule has 0 unspecified atom stereocenters. The smallest absolute Gasteiger partial charge is 0.140 e. The molecular weight excluding hydrogens is 162 g/mol. The minimum atomic E-state index is 0.588. The van der Waals surface area contributed by atoms with Crippen LogP contribution in [0.15, 0.2) is 29.8 Å². The lowest BCUT2D eigenvalue weighted by molar-refractivity contribution is 0.284. The zero-order chi connectivity index (χ0) is 9.26. The fourth-order valence-electron chi connectivity index (χ4n) is 1.46. The van der Waals surface area contributed by atoms with Gasteiger partial charge in [0.1, 0.15) is 12.4 Å². The van der Waals surface area contributed by atoms with E-state index in [-0.39, 0.29) is 0 Å². The molecule has 64 valence electrons. The maximum Gasteiger partial charge on any atom is 0.140 e. The number of nitriles is 1. The van der Waals surface area contributed by atoms with Gasteiger partial charge in [-0.25, -0.2) is 0 Å². The highest BCUT2D eigenvalue weighted by atomic mass is 16.5. The minimum absolute atomic E-state index is 0.588. The van der Waals surface area contributed by atoms with Crippen LogP contribution in [0.5, 0.6) is 0 Å². The van der Waals surface area contributed by atoms with E-state index in [1.807, 2.05) is 24.3 Å². The van der Waals surface area contributed by atoms with Crippen LogP contribution in [-0.4, -0.2) is 0 Å². The summed E-state index contributed by atoms with van der Waals surface area (Å²) in [4.78, 5) is 0. The van der Waals surface area contributed by atoms with Crippen LogP contribution in [0.4, 0.5) is 0 Å². The third kappa shape index (κ3) is 1.19. The SMILES string of the molecule is C/C(C#N)=C1\OCc2ccccc21. The fourth-order valence-corrected chi connectivity index (χ4v) is 1.46. The van der Waals surface area contributed by atoms with Crippen LogP contribution in [0.25, 0.3) is 5.76 Å². The van der Waals surface area contributed by atoms with Gasteiger partial charge in [-0.05, 0) is 6.92 Å². The molecule has 0 N–H and O–H groups in total. The van der Waals surface area contributed by atoms with Crippen LogP contribution in [0.3, 0.4) is 0 Å². The van der Waals surface area contributed by atoms with Crippen molar-refractivity contribution in [1.29, 1.82) is 5.26 Å². The molecule has 0 radical (unpaired) electrons. The highest BCUT2D eigenvalue weighted by Gasteiger charge is 2.18. The molecule has 13 heavy (non-hydrogen) atoms. The molecule has 0 aromatic heterocycles. The van der Waals surface area contributed by atoms with E-state index in [0.717, 1.165) is 16.9 Å². The highest BCUT2D eigenvalue weighted by molar-refractivity contribution is 5.70. The Morgan fingerprint density at radius 3 is 3.00 bits per heavy atom. The number of allylic oxidation sites excluding steroid dienone is 1. The lowest BCUT2D eigenvalue weighted by Gasteiger charge is -1.99. The van der Waals surface area contributed by atoms with Gasteiger partial charge in [-0.2, -0.15) is 5.26 Å². The Morgan fingerprint density at radius 2 is 2.23 bits per heavy atom. The fraction of sp³-hybridized carbons (Fsp3) is 0.182. The van der Waals surface area contributed by atoms with E-state index >= 15 is 0 Å². The number of hydrogen-bond donors (Lipinski definition) is 0. The second kappa shape index (κ2) is 2.95. The van der Waals surface area contributed by atoms with Crippen LogP contribution in [0, 0.1) is 11.3 Å². The lowest BCUT2D eigenvalue weighted by Crippen LogP contribution is -1.83. The average Bonchev–Trinajstić information content (AvgIpc) is 2.60. The van der Waals surface area contributed by atoms with Crippen molar-refractivity contribution in [2.75, 3.05) is 0 Å². The standard InChI is InChI=1S/C11H9NO/c1-8(6-12)11-10-5-3-2-4-9(10)7-13-11/h2-5H,7H2,1H3/b11-8+. The summed E-state index contributed by atoms with van der Waals surface area (Å²) in [6.07, 6.45) is 0. The van der Waals surface area contributed by atoms with Crippen molar-refractivity contribution in [2.24, 2.45) is 0 Å². The zero-order valence-electron chi connectivity index (χ0n) is 7.37. The molecule has 2 heteroatoms. The maximum atomic E-state index is 8.73. The largest absolute Gasteiger partial charge is 0.487 e. The number of ether oxygens (including phenoxy) is 1. The Hall–Kier alpha value is -1.75. The van der Waals surface area contributed by atoms with E-state index in [2.05, 4.69) is 6.07 Å². The molecule has 0 aliphatic carbocycles. The summed E-state index contributed by atoms with van der Waals surface area (Å²) >= 11 is 0. The third-order valence-electron chi connectivity index (χ3n) is 2.14. The second-order valence-corrected chi connectivity index (χ2v) is 3.01. The van der Waals surface area contributed by atoms with Crippen LogP contribution in [-0.2, 0) is 11.3 Å². The molecule has 0 spiro atoms. The van der Waals surface area contributed by atoms with Crippen LogP contribution < -0.4 is 0 Å². The molecule has 1 heterocycles. The summed E-state index contributed by atoms with van der Waals surface area (Å²) < 4.78 is 5.43. The first-order valence-corrected chi connectivity index (χ1v) is 4.15. The second-order valence-electron chi connectivity index (χ2n) is 3.01. The minimum Gasteiger partial charge on any atom is -0.487 e. The van der Waals surface area contributed by atoms with Gasteiger partial charge in [0.05, 0.1) is 11.6 Å². The van der Waals surface area contributed by atoms with E-state index in [1.165, 1.54) is 0 Å². The molecule has 1 aromatic rings. The Morgan fingerprint density at radius 1 is 1.46 bits per heavy atom. The maximum absolute atomic E-state index is 8.73. The quantitative estimate of drug-likeness (QED) is 0.562. The Kier molecular flexibility index (Phi) is 1.79. The Bertz CT molecular complexity index is 412. The normalized spacial score (nSPS) is 17.2. The first-order valence-electron chi connectivity index (χ1n) is 4.15. The Balaban J connectivity index is 2.58. The van der Waals surface area contributed by atoms with E-state index in [0.29, 0.717) is 12.2 Å². The average molecular weight is 171 g/mol. The number of nitrogens with zero attached hydrogens (tertiary/aromatic N) is 1. The number of benzene rings is 1. The van der Waals surface area contributed by atoms with Crippen LogP contribution >= 0.6 is 0 Å². The molecule has 1 aliphatic rings. The Labute approximate surface area is 77.1 Å². The summed E-state index contributed by atoms with van der Waals surface area (Å²) in [5, 5.41) is 8.73. The van der Waals surface area contributed by atoms with Crippen LogP contribution in [0.1, 0.15) is 18.1 Å². The van der Waals surface area contributed by atoms with Crippen molar-refractivity contribution in [3.8, 4) is 6.07 Å². The van der Waals surface area contributed by atoms with Crippen molar-refractivity contribution in [3.05, 3.63) is 41.0 Å². The summed E-state index contributed by atoms with van der Waals surface area (Å²) in [6, 6.07) is 10.0. The van der Waals surface area contributed by atoms with Gasteiger partial charge in [-0.15, -0.1) is 0 Å². The van der Waals surface area contributed by atoms with Crippen molar-refractivity contribution < 1.29 is 4.74 Å². The van der Waals surface area contributed by atoms with Gasteiger partial charge >= 0.3 is 0 Å². The molecule has 0 saturated carbocycles. The lowest BCUT2D eigenvalue weighted by atomic mass is 10.1. The molecule has 0 amide bonds. The van der Waals surface area contributed by atoms with Gasteiger partial charge in [0.2, 0.25) is 0 Å². The molecule has 0 fully saturated rings. The van der Waals surface area contributed by atoms with E-state index in [4.69, 9.17) is 10.00 Å². The predicted molar refractivity (Wildman–Crippen MR) is 49.4 cm³/mol. The first-order chi connectivity index (χ1) is 6.33. The van der Waals surface area contributed by atoms with E-state index in [1.54, 1.807) is 6.92 Å². The van der Waals surface area contributed by atoms with Crippen molar-refractivity contribution >= 4 is 5.76 Å². The molecule has 1 aliphatic heterocycles. The summed E-state index contributed by atoms with van der Waals surface area (Å²) in [7, 11) is 0. The van der Waals surface area contributed by atoms with Gasteiger partial charge in [0, 0.05) is 11.1 Å². The predicted octanol–water partition coefficient (Wildman–Crippen LogP) is 2.47. The number of fused-ring (bicyclic) bond motifs is 1. The highest BCUT2D eigenvalue weighted by Crippen LogP contribution is 2.31. The number of hydrogen-bond acceptors (Lipinski definition) is 2. The first kappa shape index (κ1) is 7.88. The molecule has 2 rings (SSSR count). The third-order valence-corrected chi connectivity index (χ3v) is 2.14. The zero-order valence-corrected chi connectivity index (χ0v) is 7.37. The van der Waals surface area contributed by atoms with Gasteiger partial charge in [0.15, 0.2) is 0 Å². The summed E-state index contributed by atoms with van der Waals surface area (Å²) in [6.45, 7) is 2.36. The summed E-state index contributed by atoms with van der Waals surface area (Å²) in [5.41, 5.74) is 2.86. The topological polar surface area (TPSA) is 33.0 Å². The monoisotopic (exact) mass is 171 g/mol. The van der Waals surface area contributed by atoms with E-state index < -0.39 is 0 Å².